The van der Waals surface area contributed by atoms with Crippen molar-refractivity contribution >= 4 is 11.8 Å². The summed E-state index contributed by atoms with van der Waals surface area (Å²) in [6.45, 7) is 5.65. The normalized spacial score (nSPS) is 28.7. The van der Waals surface area contributed by atoms with Gasteiger partial charge < -0.3 is 19.9 Å². The van der Waals surface area contributed by atoms with Crippen molar-refractivity contribution in [1.29, 1.82) is 0 Å². The topological polar surface area (TPSA) is 96.7 Å². The minimum atomic E-state index is -0.499. The van der Waals surface area contributed by atoms with Crippen LogP contribution in [0.2, 0.25) is 0 Å². The van der Waals surface area contributed by atoms with Crippen LogP contribution in [-0.2, 0) is 9.53 Å². The third-order valence-electron chi connectivity index (χ3n) is 6.41. The van der Waals surface area contributed by atoms with Crippen molar-refractivity contribution in [1.82, 2.24) is 20.7 Å². The summed E-state index contributed by atoms with van der Waals surface area (Å²) in [4.78, 5) is 28.0. The van der Waals surface area contributed by atoms with E-state index in [9.17, 15) is 9.59 Å². The van der Waals surface area contributed by atoms with E-state index < -0.39 is 5.54 Å². The summed E-state index contributed by atoms with van der Waals surface area (Å²) in [5.41, 5.74) is -0.207. The second-order valence-electron chi connectivity index (χ2n) is 8.40. The number of nitrogens with one attached hydrogen (secondary N) is 2. The Balaban J connectivity index is 1.39. The second kappa shape index (κ2) is 8.21. The van der Waals surface area contributed by atoms with Crippen molar-refractivity contribution in [2.24, 2.45) is 5.92 Å². The van der Waals surface area contributed by atoms with Crippen LogP contribution < -0.4 is 10.6 Å². The number of aryl methyl sites for hydroxylation is 1. The molecular weight excluding hydrogens is 360 g/mol. The van der Waals surface area contributed by atoms with Crippen LogP contribution in [-0.4, -0.2) is 66.3 Å². The lowest BCUT2D eigenvalue weighted by atomic mass is 9.84. The minimum Gasteiger partial charge on any atom is -0.381 e. The van der Waals surface area contributed by atoms with Crippen LogP contribution in [0.15, 0.2) is 10.6 Å². The molecular formula is C20H30N4O4. The first-order valence-electron chi connectivity index (χ1n) is 10.4. The first-order chi connectivity index (χ1) is 13.6. The van der Waals surface area contributed by atoms with Gasteiger partial charge >= 0.3 is 0 Å². The number of fused-ring (bicyclic) bond motifs is 1. The zero-order valence-electron chi connectivity index (χ0n) is 16.5. The van der Waals surface area contributed by atoms with E-state index in [2.05, 4.69) is 20.7 Å². The van der Waals surface area contributed by atoms with Crippen molar-refractivity contribution in [3.8, 4) is 0 Å². The molecule has 0 unspecified atom stereocenters. The summed E-state index contributed by atoms with van der Waals surface area (Å²) in [7, 11) is 0. The highest BCUT2D eigenvalue weighted by Gasteiger charge is 2.52. The van der Waals surface area contributed by atoms with Crippen molar-refractivity contribution in [3.05, 3.63) is 17.5 Å². The van der Waals surface area contributed by atoms with Crippen LogP contribution in [0.1, 0.15) is 54.8 Å². The Kier molecular flexibility index (Phi) is 5.68. The lowest BCUT2D eigenvalue weighted by Crippen LogP contribution is -2.58. The molecule has 2 amide bonds. The highest BCUT2D eigenvalue weighted by Crippen LogP contribution is 2.38. The molecule has 1 aromatic heterocycles. The largest absolute Gasteiger partial charge is 0.381 e. The number of aromatic nitrogens is 1. The van der Waals surface area contributed by atoms with Gasteiger partial charge in [-0.1, -0.05) is 5.16 Å². The fourth-order valence-corrected chi connectivity index (χ4v) is 4.86. The Morgan fingerprint density at radius 1 is 1.32 bits per heavy atom. The molecule has 0 bridgehead atoms. The molecule has 3 fully saturated rings. The van der Waals surface area contributed by atoms with Gasteiger partial charge in [-0.05, 0) is 57.9 Å². The Morgan fingerprint density at radius 2 is 2.14 bits per heavy atom. The molecule has 3 saturated heterocycles. The number of ether oxygens (including phenoxy) is 1. The standard InChI is InChI=1S/C20H30N4O4/c1-14-10-17(23-28-14)18(25)22-16-11-20(6-2-3-7-24(20)13-16)19(26)21-12-15-4-8-27-9-5-15/h10,15-16H,2-9,11-13H2,1H3,(H,21,26)(H,22,25)/t16-,20+/m0/s1. The van der Waals surface area contributed by atoms with Crippen LogP contribution in [0.3, 0.4) is 0 Å². The monoisotopic (exact) mass is 390 g/mol. The van der Waals surface area contributed by atoms with Crippen molar-refractivity contribution in [2.75, 3.05) is 32.8 Å². The number of nitrogens with zero attached hydrogens (tertiary/aromatic N) is 2. The summed E-state index contributed by atoms with van der Waals surface area (Å²) >= 11 is 0. The van der Waals surface area contributed by atoms with Gasteiger partial charge in [0.25, 0.3) is 5.91 Å². The van der Waals surface area contributed by atoms with Gasteiger partial charge in [-0.15, -0.1) is 0 Å². The Bertz CT molecular complexity index is 715. The summed E-state index contributed by atoms with van der Waals surface area (Å²) in [6, 6.07) is 1.57. The molecule has 8 nitrogen and oxygen atoms in total. The van der Waals surface area contributed by atoms with Gasteiger partial charge in [0, 0.05) is 38.4 Å². The molecule has 154 valence electrons. The molecule has 3 aliphatic heterocycles. The maximum Gasteiger partial charge on any atom is 0.273 e. The van der Waals surface area contributed by atoms with E-state index in [1.165, 1.54) is 0 Å². The summed E-state index contributed by atoms with van der Waals surface area (Å²) < 4.78 is 10.4. The van der Waals surface area contributed by atoms with E-state index in [1.807, 2.05) is 0 Å². The molecule has 1 aromatic rings. The van der Waals surface area contributed by atoms with E-state index in [0.717, 1.165) is 51.9 Å². The fraction of sp³-hybridized carbons (Fsp3) is 0.750. The number of carbonyl (C=O) groups excluding carboxylic acids is 2. The number of hydrogen-bond donors (Lipinski definition) is 2. The zero-order valence-corrected chi connectivity index (χ0v) is 16.5. The molecule has 4 heterocycles. The predicted molar refractivity (Wildman–Crippen MR) is 102 cm³/mol. The average Bonchev–Trinajstić information content (AvgIpc) is 3.30. The van der Waals surface area contributed by atoms with Crippen LogP contribution in [0.4, 0.5) is 0 Å². The Morgan fingerprint density at radius 3 is 2.89 bits per heavy atom. The quantitative estimate of drug-likeness (QED) is 0.786. The van der Waals surface area contributed by atoms with E-state index in [-0.39, 0.29) is 17.9 Å². The fourth-order valence-electron chi connectivity index (χ4n) is 4.86. The maximum absolute atomic E-state index is 13.2. The SMILES string of the molecule is Cc1cc(C(=O)N[C@@H]2CN3CCCC[C@]3(C(=O)NCC3CCOCC3)C2)no1. The predicted octanol–water partition coefficient (Wildman–Crippen LogP) is 1.25. The smallest absolute Gasteiger partial charge is 0.273 e. The van der Waals surface area contributed by atoms with E-state index in [1.54, 1.807) is 13.0 Å². The molecule has 4 rings (SSSR count). The van der Waals surface area contributed by atoms with Gasteiger partial charge in [0.1, 0.15) is 11.3 Å². The highest BCUT2D eigenvalue weighted by atomic mass is 16.5. The molecule has 0 spiro atoms. The van der Waals surface area contributed by atoms with Crippen LogP contribution in [0.25, 0.3) is 0 Å². The van der Waals surface area contributed by atoms with Crippen LogP contribution in [0.5, 0.6) is 0 Å². The second-order valence-corrected chi connectivity index (χ2v) is 8.40. The summed E-state index contributed by atoms with van der Waals surface area (Å²) in [6.07, 6.45) is 5.65. The molecule has 2 N–H and O–H groups in total. The van der Waals surface area contributed by atoms with Crippen LogP contribution >= 0.6 is 0 Å². The van der Waals surface area contributed by atoms with Gasteiger partial charge in [-0.3, -0.25) is 14.5 Å². The number of amides is 2. The number of piperidine rings is 1. The van der Waals surface area contributed by atoms with Crippen LogP contribution in [0, 0.1) is 12.8 Å². The van der Waals surface area contributed by atoms with Gasteiger partial charge in [0.05, 0.1) is 0 Å². The summed E-state index contributed by atoms with van der Waals surface area (Å²) in [5, 5.41) is 10.1. The zero-order chi connectivity index (χ0) is 19.6. The van der Waals surface area contributed by atoms with Gasteiger partial charge in [-0.2, -0.15) is 0 Å². The Labute approximate surface area is 165 Å². The van der Waals surface area contributed by atoms with Crippen molar-refractivity contribution in [2.45, 2.75) is 57.0 Å². The minimum absolute atomic E-state index is 0.0589. The van der Waals surface area contributed by atoms with E-state index >= 15 is 0 Å². The molecule has 0 aliphatic carbocycles. The van der Waals surface area contributed by atoms with E-state index in [4.69, 9.17) is 9.26 Å². The molecule has 0 radical (unpaired) electrons. The molecule has 3 aliphatic rings. The van der Waals surface area contributed by atoms with E-state index in [0.29, 0.717) is 36.9 Å². The number of hydrogen-bond acceptors (Lipinski definition) is 6. The highest BCUT2D eigenvalue weighted by molar-refractivity contribution is 5.93. The van der Waals surface area contributed by atoms with Crippen molar-refractivity contribution in [3.63, 3.8) is 0 Å². The molecule has 8 heteroatoms. The lowest BCUT2D eigenvalue weighted by molar-refractivity contribution is -0.134. The third-order valence-corrected chi connectivity index (χ3v) is 6.41. The van der Waals surface area contributed by atoms with Gasteiger partial charge in [0.2, 0.25) is 5.91 Å². The third kappa shape index (κ3) is 3.93. The molecule has 0 aromatic carbocycles. The number of carbonyl (C=O) groups is 2. The first kappa shape index (κ1) is 19.4. The molecule has 0 saturated carbocycles. The molecule has 28 heavy (non-hydrogen) atoms. The number of rotatable bonds is 5. The Hall–Kier alpha value is -1.93. The maximum atomic E-state index is 13.2. The van der Waals surface area contributed by atoms with Crippen molar-refractivity contribution < 1.29 is 18.8 Å². The van der Waals surface area contributed by atoms with Gasteiger partial charge in [0.15, 0.2) is 5.69 Å². The lowest BCUT2D eigenvalue weighted by Gasteiger charge is -2.41. The first-order valence-corrected chi connectivity index (χ1v) is 10.4. The average molecular weight is 390 g/mol. The molecule has 2 atom stereocenters. The summed E-state index contributed by atoms with van der Waals surface area (Å²) in [5.74, 6) is 0.989. The van der Waals surface area contributed by atoms with Gasteiger partial charge in [-0.25, -0.2) is 0 Å².